The van der Waals surface area contributed by atoms with E-state index in [0.717, 1.165) is 11.1 Å². The van der Waals surface area contributed by atoms with Crippen LogP contribution in [-0.2, 0) is 16.6 Å². The molecule has 0 amide bonds. The number of aliphatic hydroxyl groups excluding tert-OH is 1. The Kier molecular flexibility index (Phi) is 3.82. The smallest absolute Gasteiger partial charge is 0.304 e. The van der Waals surface area contributed by atoms with Crippen molar-refractivity contribution in [2.24, 2.45) is 0 Å². The first-order valence-corrected chi connectivity index (χ1v) is 6.08. The van der Waals surface area contributed by atoms with E-state index in [1.807, 2.05) is 19.1 Å². The van der Waals surface area contributed by atoms with Crippen LogP contribution in [-0.4, -0.2) is 25.4 Å². The number of benzene rings is 1. The van der Waals surface area contributed by atoms with Crippen molar-refractivity contribution < 1.29 is 17.4 Å². The van der Waals surface area contributed by atoms with Crippen molar-refractivity contribution in [3.8, 4) is 0 Å². The maximum Gasteiger partial charge on any atom is 0.304 e. The summed E-state index contributed by atoms with van der Waals surface area (Å²) in [4.78, 5) is 0. The van der Waals surface area contributed by atoms with Crippen LogP contribution in [0.1, 0.15) is 11.1 Å². The molecule has 3 nitrogen and oxygen atoms in total. The van der Waals surface area contributed by atoms with Gasteiger partial charge in [0.15, 0.2) is 0 Å². The summed E-state index contributed by atoms with van der Waals surface area (Å²) in [6.45, 7) is 1.92. The second-order valence-electron chi connectivity index (χ2n) is 3.55. The topological polar surface area (TPSA) is 54.4 Å². The van der Waals surface area contributed by atoms with Crippen LogP contribution < -0.4 is 0 Å². The fourth-order valence-corrected chi connectivity index (χ4v) is 1.86. The molecular formula is C10H13FO3S. The molecule has 15 heavy (non-hydrogen) atoms. The van der Waals surface area contributed by atoms with E-state index in [1.165, 1.54) is 0 Å². The number of aliphatic hydroxyl groups is 1. The van der Waals surface area contributed by atoms with E-state index in [2.05, 4.69) is 0 Å². The fraction of sp³-hybridized carbons (Fsp3) is 0.400. The summed E-state index contributed by atoms with van der Waals surface area (Å²) in [5.41, 5.74) is 1.86. The first-order valence-electron chi connectivity index (χ1n) is 4.53. The monoisotopic (exact) mass is 232 g/mol. The number of halogens is 1. The van der Waals surface area contributed by atoms with E-state index in [4.69, 9.17) is 0 Å². The summed E-state index contributed by atoms with van der Waals surface area (Å²) in [5.74, 6) is -0.846. The maximum absolute atomic E-state index is 12.2. The van der Waals surface area contributed by atoms with E-state index >= 15 is 0 Å². The third kappa shape index (κ3) is 4.90. The zero-order valence-electron chi connectivity index (χ0n) is 8.35. The molecule has 0 radical (unpaired) electrons. The third-order valence-corrected chi connectivity index (χ3v) is 2.77. The second kappa shape index (κ2) is 4.72. The Bertz CT molecular complexity index is 411. The Labute approximate surface area is 88.8 Å². The SMILES string of the molecule is Cc1ccc(CC(O)CS(=O)(=O)F)cc1. The van der Waals surface area contributed by atoms with Gasteiger partial charge in [-0.05, 0) is 18.9 Å². The molecule has 0 spiro atoms. The summed E-state index contributed by atoms with van der Waals surface area (Å²) >= 11 is 0. The molecule has 1 rings (SSSR count). The lowest BCUT2D eigenvalue weighted by Gasteiger charge is -2.07. The number of rotatable bonds is 4. The standard InChI is InChI=1S/C10H13FO3S/c1-8-2-4-9(5-3-8)6-10(12)7-15(11,13)14/h2-5,10,12H,6-7H2,1H3. The molecule has 0 saturated carbocycles. The van der Waals surface area contributed by atoms with Crippen LogP contribution in [0.5, 0.6) is 0 Å². The minimum atomic E-state index is -4.60. The van der Waals surface area contributed by atoms with Gasteiger partial charge >= 0.3 is 10.2 Å². The molecule has 1 aromatic rings. The third-order valence-electron chi connectivity index (χ3n) is 1.98. The second-order valence-corrected chi connectivity index (χ2v) is 4.96. The number of aryl methyl sites for hydroxylation is 1. The molecule has 0 aliphatic heterocycles. The van der Waals surface area contributed by atoms with E-state index in [0.29, 0.717) is 0 Å². The summed E-state index contributed by atoms with van der Waals surface area (Å²) in [5, 5.41) is 9.29. The first-order chi connectivity index (χ1) is 6.87. The van der Waals surface area contributed by atoms with Crippen molar-refractivity contribution in [2.45, 2.75) is 19.4 Å². The molecule has 0 saturated heterocycles. The average molecular weight is 232 g/mol. The lowest BCUT2D eigenvalue weighted by Crippen LogP contribution is -2.20. The van der Waals surface area contributed by atoms with Gasteiger partial charge in [0, 0.05) is 0 Å². The number of hydrogen-bond donors (Lipinski definition) is 1. The summed E-state index contributed by atoms with van der Waals surface area (Å²) in [7, 11) is -4.60. The Balaban J connectivity index is 2.59. The van der Waals surface area contributed by atoms with Crippen molar-refractivity contribution in [2.75, 3.05) is 5.75 Å². The van der Waals surface area contributed by atoms with Crippen molar-refractivity contribution in [3.63, 3.8) is 0 Å². The molecule has 1 N–H and O–H groups in total. The Morgan fingerprint density at radius 3 is 2.33 bits per heavy atom. The van der Waals surface area contributed by atoms with Gasteiger partial charge in [-0.3, -0.25) is 0 Å². The highest BCUT2D eigenvalue weighted by Gasteiger charge is 2.15. The van der Waals surface area contributed by atoms with Crippen molar-refractivity contribution in [1.29, 1.82) is 0 Å². The summed E-state index contributed by atoms with van der Waals surface area (Å²) in [6.07, 6.45) is -1.05. The first kappa shape index (κ1) is 12.1. The van der Waals surface area contributed by atoms with Crippen molar-refractivity contribution in [3.05, 3.63) is 35.4 Å². The highest BCUT2D eigenvalue weighted by atomic mass is 32.3. The van der Waals surface area contributed by atoms with Crippen LogP contribution in [0.2, 0.25) is 0 Å². The molecule has 84 valence electrons. The molecule has 0 aromatic heterocycles. The quantitative estimate of drug-likeness (QED) is 0.793. The Morgan fingerprint density at radius 1 is 1.33 bits per heavy atom. The molecule has 0 aliphatic carbocycles. The molecular weight excluding hydrogens is 219 g/mol. The van der Waals surface area contributed by atoms with Crippen LogP contribution >= 0.6 is 0 Å². The minimum absolute atomic E-state index is 0.142. The van der Waals surface area contributed by atoms with E-state index in [-0.39, 0.29) is 6.42 Å². The van der Waals surface area contributed by atoms with Gasteiger partial charge in [-0.25, -0.2) is 0 Å². The van der Waals surface area contributed by atoms with Crippen LogP contribution in [0.3, 0.4) is 0 Å². The minimum Gasteiger partial charge on any atom is -0.392 e. The van der Waals surface area contributed by atoms with Gasteiger partial charge in [-0.15, -0.1) is 3.89 Å². The molecule has 1 aromatic carbocycles. The zero-order chi connectivity index (χ0) is 11.5. The molecule has 5 heteroatoms. The van der Waals surface area contributed by atoms with Crippen LogP contribution in [0.4, 0.5) is 3.89 Å². The molecule has 0 fully saturated rings. The Morgan fingerprint density at radius 2 is 1.87 bits per heavy atom. The van der Waals surface area contributed by atoms with Gasteiger partial charge in [0.25, 0.3) is 0 Å². The molecule has 0 bridgehead atoms. The van der Waals surface area contributed by atoms with Crippen LogP contribution in [0.15, 0.2) is 24.3 Å². The lowest BCUT2D eigenvalue weighted by molar-refractivity contribution is 0.196. The van der Waals surface area contributed by atoms with E-state index < -0.39 is 22.1 Å². The van der Waals surface area contributed by atoms with Crippen molar-refractivity contribution >= 4 is 10.2 Å². The molecule has 0 heterocycles. The predicted octanol–water partition coefficient (Wildman–Crippen LogP) is 1.20. The van der Waals surface area contributed by atoms with Gasteiger partial charge in [0.1, 0.15) is 5.75 Å². The van der Waals surface area contributed by atoms with Gasteiger partial charge in [-0.2, -0.15) is 8.42 Å². The van der Waals surface area contributed by atoms with Crippen LogP contribution in [0.25, 0.3) is 0 Å². The van der Waals surface area contributed by atoms with Gasteiger partial charge < -0.3 is 5.11 Å². The maximum atomic E-state index is 12.2. The average Bonchev–Trinajstić information content (AvgIpc) is 2.05. The van der Waals surface area contributed by atoms with E-state index in [9.17, 15) is 17.4 Å². The summed E-state index contributed by atoms with van der Waals surface area (Å²) < 4.78 is 32.7. The molecule has 0 aliphatic rings. The highest BCUT2D eigenvalue weighted by Crippen LogP contribution is 2.08. The zero-order valence-corrected chi connectivity index (χ0v) is 9.17. The van der Waals surface area contributed by atoms with Gasteiger partial charge in [0.2, 0.25) is 0 Å². The van der Waals surface area contributed by atoms with Gasteiger partial charge in [-0.1, -0.05) is 29.8 Å². The van der Waals surface area contributed by atoms with Gasteiger partial charge in [0.05, 0.1) is 6.10 Å². The van der Waals surface area contributed by atoms with Crippen LogP contribution in [0, 0.1) is 6.92 Å². The van der Waals surface area contributed by atoms with Crippen molar-refractivity contribution in [1.82, 2.24) is 0 Å². The fourth-order valence-electron chi connectivity index (χ4n) is 1.28. The lowest BCUT2D eigenvalue weighted by atomic mass is 10.1. The summed E-state index contributed by atoms with van der Waals surface area (Å²) in [6, 6.07) is 7.27. The number of hydrogen-bond acceptors (Lipinski definition) is 3. The normalized spacial score (nSPS) is 13.8. The predicted molar refractivity (Wildman–Crippen MR) is 55.8 cm³/mol. The van der Waals surface area contributed by atoms with E-state index in [1.54, 1.807) is 12.1 Å². The Hall–Kier alpha value is -0.940. The molecule has 1 atom stereocenters. The largest absolute Gasteiger partial charge is 0.392 e. The highest BCUT2D eigenvalue weighted by molar-refractivity contribution is 7.86. The molecule has 1 unspecified atom stereocenters.